The molecule has 0 unspecified atom stereocenters. The van der Waals surface area contributed by atoms with Crippen molar-refractivity contribution in [3.8, 4) is 5.75 Å². The maximum Gasteiger partial charge on any atom is 0.264 e. The first-order chi connectivity index (χ1) is 18.1. The van der Waals surface area contributed by atoms with Gasteiger partial charge < -0.3 is 15.0 Å². The first kappa shape index (κ1) is 28.9. The van der Waals surface area contributed by atoms with Crippen molar-refractivity contribution in [3.63, 3.8) is 0 Å². The van der Waals surface area contributed by atoms with Crippen LogP contribution in [0.25, 0.3) is 0 Å². The van der Waals surface area contributed by atoms with Crippen molar-refractivity contribution in [3.05, 3.63) is 89.2 Å². The molecule has 3 aromatic rings. The lowest BCUT2D eigenvalue weighted by Gasteiger charge is -2.31. The molecule has 0 aliphatic carbocycles. The second kappa shape index (κ2) is 12.7. The van der Waals surface area contributed by atoms with Crippen molar-refractivity contribution >= 4 is 39.1 Å². The average molecular weight is 562 g/mol. The van der Waals surface area contributed by atoms with Gasteiger partial charge in [-0.05, 0) is 80.1 Å². The number of rotatable bonds is 11. The molecule has 1 N–H and O–H groups in total. The molecule has 0 bridgehead atoms. The highest BCUT2D eigenvalue weighted by atomic mass is 35.5. The highest BCUT2D eigenvalue weighted by Gasteiger charge is 2.32. The third-order valence-corrected chi connectivity index (χ3v) is 7.80. The SMILES string of the molecule is CCOc1ccc(N(CC(=O)N(Cc2cccc(Cl)c2)[C@@H](C)C(=O)NC)S(=O)(=O)c2ccc(F)cc2)cc1. The molecule has 2 amide bonds. The van der Waals surface area contributed by atoms with Crippen LogP contribution in [0.2, 0.25) is 5.02 Å². The van der Waals surface area contributed by atoms with Gasteiger partial charge in [0.25, 0.3) is 10.0 Å². The predicted octanol–water partition coefficient (Wildman–Crippen LogP) is 4.24. The number of benzene rings is 3. The number of nitrogens with zero attached hydrogens (tertiary/aromatic N) is 2. The molecule has 0 radical (unpaired) electrons. The molecule has 3 aromatic carbocycles. The fourth-order valence-electron chi connectivity index (χ4n) is 3.76. The Morgan fingerprint density at radius 3 is 2.29 bits per heavy atom. The van der Waals surface area contributed by atoms with Gasteiger partial charge in [-0.1, -0.05) is 23.7 Å². The summed E-state index contributed by atoms with van der Waals surface area (Å²) in [5.41, 5.74) is 0.858. The van der Waals surface area contributed by atoms with Gasteiger partial charge in [0.1, 0.15) is 24.2 Å². The lowest BCUT2D eigenvalue weighted by Crippen LogP contribution is -2.50. The third-order valence-electron chi connectivity index (χ3n) is 5.77. The van der Waals surface area contributed by atoms with Gasteiger partial charge in [-0.15, -0.1) is 0 Å². The van der Waals surface area contributed by atoms with Crippen molar-refractivity contribution in [1.29, 1.82) is 0 Å². The molecule has 3 rings (SSSR count). The number of ether oxygens (including phenoxy) is 1. The molecule has 0 heterocycles. The summed E-state index contributed by atoms with van der Waals surface area (Å²) in [7, 11) is -2.85. The normalized spacial score (nSPS) is 11.9. The number of likely N-dealkylation sites (N-methyl/N-ethyl adjacent to an activating group) is 1. The third kappa shape index (κ3) is 7.02. The molecule has 0 saturated carbocycles. The van der Waals surface area contributed by atoms with Gasteiger partial charge in [0, 0.05) is 18.6 Å². The van der Waals surface area contributed by atoms with E-state index in [-0.39, 0.29) is 17.1 Å². The number of amides is 2. The van der Waals surface area contributed by atoms with Crippen molar-refractivity contribution in [2.75, 3.05) is 24.5 Å². The molecule has 0 spiro atoms. The van der Waals surface area contributed by atoms with Gasteiger partial charge in [-0.3, -0.25) is 13.9 Å². The quantitative estimate of drug-likeness (QED) is 0.378. The van der Waals surface area contributed by atoms with Crippen LogP contribution in [-0.4, -0.2) is 51.4 Å². The number of nitrogens with one attached hydrogen (secondary N) is 1. The molecule has 8 nitrogen and oxygen atoms in total. The fourth-order valence-corrected chi connectivity index (χ4v) is 5.39. The minimum atomic E-state index is -4.30. The molecule has 202 valence electrons. The Morgan fingerprint density at radius 2 is 1.71 bits per heavy atom. The number of carbonyl (C=O) groups is 2. The van der Waals surface area contributed by atoms with Crippen LogP contribution in [0.1, 0.15) is 19.4 Å². The van der Waals surface area contributed by atoms with Gasteiger partial charge in [0.05, 0.1) is 17.2 Å². The molecule has 11 heteroatoms. The highest BCUT2D eigenvalue weighted by Crippen LogP contribution is 2.27. The number of anilines is 1. The Labute approximate surface area is 227 Å². The van der Waals surface area contributed by atoms with E-state index in [0.717, 1.165) is 28.6 Å². The molecular formula is C27H29ClFN3O5S. The molecule has 0 aromatic heterocycles. The largest absolute Gasteiger partial charge is 0.494 e. The van der Waals surface area contributed by atoms with Crippen LogP contribution in [0.15, 0.2) is 77.7 Å². The Bertz CT molecular complexity index is 1370. The van der Waals surface area contributed by atoms with Crippen LogP contribution in [0.4, 0.5) is 10.1 Å². The van der Waals surface area contributed by atoms with Crippen LogP contribution < -0.4 is 14.4 Å². The Morgan fingerprint density at radius 1 is 1.05 bits per heavy atom. The fraction of sp³-hybridized carbons (Fsp3) is 0.259. The van der Waals surface area contributed by atoms with Crippen LogP contribution in [-0.2, 0) is 26.2 Å². The number of hydrogen-bond acceptors (Lipinski definition) is 5. The van der Waals surface area contributed by atoms with Gasteiger partial charge in [0.2, 0.25) is 11.8 Å². The zero-order chi connectivity index (χ0) is 27.9. The Balaban J connectivity index is 2.03. The van der Waals surface area contributed by atoms with E-state index in [1.54, 1.807) is 43.3 Å². The van der Waals surface area contributed by atoms with E-state index >= 15 is 0 Å². The summed E-state index contributed by atoms with van der Waals surface area (Å²) in [6, 6.07) is 16.4. The molecule has 0 aliphatic heterocycles. The minimum Gasteiger partial charge on any atom is -0.494 e. The summed E-state index contributed by atoms with van der Waals surface area (Å²) in [5.74, 6) is -1.12. The number of sulfonamides is 1. The topological polar surface area (TPSA) is 96.0 Å². The highest BCUT2D eigenvalue weighted by molar-refractivity contribution is 7.92. The molecule has 1 atom stereocenters. The molecule has 0 aliphatic rings. The predicted molar refractivity (Wildman–Crippen MR) is 144 cm³/mol. The van der Waals surface area contributed by atoms with Crippen LogP contribution >= 0.6 is 11.6 Å². The smallest absolute Gasteiger partial charge is 0.264 e. The average Bonchev–Trinajstić information content (AvgIpc) is 2.90. The monoisotopic (exact) mass is 561 g/mol. The van der Waals surface area contributed by atoms with Crippen molar-refractivity contribution < 1.29 is 27.1 Å². The Kier molecular flexibility index (Phi) is 9.71. The first-order valence-corrected chi connectivity index (χ1v) is 13.6. The summed E-state index contributed by atoms with van der Waals surface area (Å²) < 4.78 is 47.3. The summed E-state index contributed by atoms with van der Waals surface area (Å²) in [6.07, 6.45) is 0. The maximum absolute atomic E-state index is 13.7. The standard InChI is InChI=1S/C27H29ClFN3O5S/c1-4-37-24-12-10-23(11-13-24)32(38(35,36)25-14-8-22(29)9-15-25)18-26(33)31(19(2)27(34)30-3)17-20-6-5-7-21(28)16-20/h5-16,19H,4,17-18H2,1-3H3,(H,30,34)/t19-/m0/s1. The summed E-state index contributed by atoms with van der Waals surface area (Å²) in [4.78, 5) is 27.3. The second-order valence-electron chi connectivity index (χ2n) is 8.33. The minimum absolute atomic E-state index is 0.0156. The van der Waals surface area contributed by atoms with Gasteiger partial charge in [-0.25, -0.2) is 12.8 Å². The van der Waals surface area contributed by atoms with Crippen molar-refractivity contribution in [2.24, 2.45) is 0 Å². The summed E-state index contributed by atoms with van der Waals surface area (Å²) >= 11 is 6.11. The van der Waals surface area contributed by atoms with Gasteiger partial charge in [-0.2, -0.15) is 0 Å². The zero-order valence-electron chi connectivity index (χ0n) is 21.2. The first-order valence-electron chi connectivity index (χ1n) is 11.8. The lowest BCUT2D eigenvalue weighted by molar-refractivity contribution is -0.139. The van der Waals surface area contributed by atoms with Crippen LogP contribution in [0.3, 0.4) is 0 Å². The molecular weight excluding hydrogens is 533 g/mol. The van der Waals surface area contributed by atoms with E-state index in [0.29, 0.717) is 22.9 Å². The van der Waals surface area contributed by atoms with Gasteiger partial charge in [0.15, 0.2) is 0 Å². The van der Waals surface area contributed by atoms with E-state index in [4.69, 9.17) is 16.3 Å². The number of halogens is 2. The molecule has 38 heavy (non-hydrogen) atoms. The molecule has 0 saturated heterocycles. The van der Waals surface area contributed by atoms with E-state index in [1.807, 2.05) is 6.92 Å². The van der Waals surface area contributed by atoms with Crippen molar-refractivity contribution in [2.45, 2.75) is 31.3 Å². The van der Waals surface area contributed by atoms with E-state index in [2.05, 4.69) is 5.32 Å². The van der Waals surface area contributed by atoms with Crippen LogP contribution in [0.5, 0.6) is 5.75 Å². The second-order valence-corrected chi connectivity index (χ2v) is 10.6. The number of hydrogen-bond donors (Lipinski definition) is 1. The van der Waals surface area contributed by atoms with E-state index < -0.39 is 40.2 Å². The lowest BCUT2D eigenvalue weighted by atomic mass is 10.1. The van der Waals surface area contributed by atoms with Crippen LogP contribution in [0, 0.1) is 5.82 Å². The number of carbonyl (C=O) groups excluding carboxylic acids is 2. The van der Waals surface area contributed by atoms with Gasteiger partial charge >= 0.3 is 0 Å². The Hall–Kier alpha value is -3.63. The van der Waals surface area contributed by atoms with Crippen molar-refractivity contribution in [1.82, 2.24) is 10.2 Å². The summed E-state index contributed by atoms with van der Waals surface area (Å²) in [6.45, 7) is 3.19. The van der Waals surface area contributed by atoms with E-state index in [1.165, 1.54) is 24.1 Å². The summed E-state index contributed by atoms with van der Waals surface area (Å²) in [5, 5.41) is 2.98. The zero-order valence-corrected chi connectivity index (χ0v) is 22.8. The van der Waals surface area contributed by atoms with E-state index in [9.17, 15) is 22.4 Å². The maximum atomic E-state index is 13.7. The molecule has 0 fully saturated rings.